The van der Waals surface area contributed by atoms with Crippen molar-refractivity contribution in [1.82, 2.24) is 20.4 Å². The molecule has 3 aromatic heterocycles. The average molecular weight is 345 g/mol. The first-order chi connectivity index (χ1) is 10.4. The van der Waals surface area contributed by atoms with Crippen molar-refractivity contribution < 1.29 is 18.0 Å². The number of thiophene rings is 1. The molecule has 0 saturated carbocycles. The summed E-state index contributed by atoms with van der Waals surface area (Å²) in [5.74, 6) is -0.663. The Morgan fingerprint density at radius 1 is 1.32 bits per heavy atom. The first kappa shape index (κ1) is 14.7. The van der Waals surface area contributed by atoms with Crippen LogP contribution >= 0.6 is 22.7 Å². The quantitative estimate of drug-likeness (QED) is 0.763. The fraction of sp³-hybridized carbons (Fsp3) is 0.0909. The van der Waals surface area contributed by atoms with Crippen molar-refractivity contribution in [2.24, 2.45) is 0 Å². The van der Waals surface area contributed by atoms with Crippen LogP contribution in [0.4, 0.5) is 18.3 Å². The molecule has 0 spiro atoms. The van der Waals surface area contributed by atoms with E-state index in [1.54, 1.807) is 0 Å². The van der Waals surface area contributed by atoms with Gasteiger partial charge in [-0.15, -0.1) is 21.5 Å². The van der Waals surface area contributed by atoms with E-state index in [9.17, 15) is 18.0 Å². The zero-order valence-corrected chi connectivity index (χ0v) is 12.1. The van der Waals surface area contributed by atoms with Crippen molar-refractivity contribution in [2.75, 3.05) is 5.32 Å². The summed E-state index contributed by atoms with van der Waals surface area (Å²) in [7, 11) is 0. The van der Waals surface area contributed by atoms with Crippen molar-refractivity contribution in [3.63, 3.8) is 0 Å². The molecule has 22 heavy (non-hydrogen) atoms. The maximum atomic E-state index is 12.4. The molecule has 0 aliphatic heterocycles. The zero-order chi connectivity index (χ0) is 15.7. The van der Waals surface area contributed by atoms with Gasteiger partial charge in [0.2, 0.25) is 10.1 Å². The Morgan fingerprint density at radius 2 is 2.14 bits per heavy atom. The summed E-state index contributed by atoms with van der Waals surface area (Å²) in [5.41, 5.74) is 0.695. The number of nitrogens with zero attached hydrogens (tertiary/aromatic N) is 3. The van der Waals surface area contributed by atoms with E-state index < -0.39 is 17.1 Å². The van der Waals surface area contributed by atoms with Crippen LogP contribution in [0.15, 0.2) is 23.6 Å². The maximum Gasteiger partial charge on any atom is 0.445 e. The van der Waals surface area contributed by atoms with Crippen LogP contribution in [-0.4, -0.2) is 26.3 Å². The van der Waals surface area contributed by atoms with E-state index in [0.29, 0.717) is 5.69 Å². The second kappa shape index (κ2) is 5.50. The van der Waals surface area contributed by atoms with Crippen LogP contribution in [0.3, 0.4) is 0 Å². The Balaban J connectivity index is 1.74. The molecule has 0 unspecified atom stereocenters. The Morgan fingerprint density at radius 3 is 2.77 bits per heavy atom. The monoisotopic (exact) mass is 345 g/mol. The number of H-pyrrole nitrogens is 1. The Labute approximate surface area is 129 Å². The number of halogens is 3. The summed E-state index contributed by atoms with van der Waals surface area (Å²) in [6.07, 6.45) is -4.58. The van der Waals surface area contributed by atoms with Gasteiger partial charge >= 0.3 is 6.18 Å². The van der Waals surface area contributed by atoms with E-state index in [-0.39, 0.29) is 22.2 Å². The molecule has 3 heterocycles. The normalized spacial score (nSPS) is 11.6. The predicted octanol–water partition coefficient (Wildman–Crippen LogP) is 3.26. The van der Waals surface area contributed by atoms with Gasteiger partial charge in [-0.3, -0.25) is 15.2 Å². The molecule has 3 rings (SSSR count). The fourth-order valence-electron chi connectivity index (χ4n) is 1.55. The van der Waals surface area contributed by atoms with E-state index in [1.165, 1.54) is 17.4 Å². The molecule has 0 saturated heterocycles. The molecule has 11 heteroatoms. The molecule has 0 radical (unpaired) electrons. The van der Waals surface area contributed by atoms with Gasteiger partial charge in [0.25, 0.3) is 5.91 Å². The van der Waals surface area contributed by atoms with Gasteiger partial charge in [-0.1, -0.05) is 17.4 Å². The van der Waals surface area contributed by atoms with Crippen LogP contribution in [0.5, 0.6) is 0 Å². The van der Waals surface area contributed by atoms with Crippen LogP contribution in [0.25, 0.3) is 10.6 Å². The maximum absolute atomic E-state index is 12.4. The lowest BCUT2D eigenvalue weighted by Crippen LogP contribution is -2.12. The Kier molecular flexibility index (Phi) is 3.66. The summed E-state index contributed by atoms with van der Waals surface area (Å²) in [6, 6.07) is 5.20. The number of carbonyl (C=O) groups excluding carboxylic acids is 1. The summed E-state index contributed by atoms with van der Waals surface area (Å²) in [4.78, 5) is 12.8. The number of hydrogen-bond donors (Lipinski definition) is 2. The molecule has 1 amide bonds. The van der Waals surface area contributed by atoms with Crippen molar-refractivity contribution >= 4 is 33.7 Å². The number of rotatable bonds is 3. The summed E-state index contributed by atoms with van der Waals surface area (Å²) < 4.78 is 37.2. The second-order valence-corrected chi connectivity index (χ2v) is 5.93. The molecule has 0 bridgehead atoms. The topological polar surface area (TPSA) is 83.6 Å². The van der Waals surface area contributed by atoms with E-state index in [0.717, 1.165) is 4.88 Å². The number of hydrogen-bond acceptors (Lipinski definition) is 6. The van der Waals surface area contributed by atoms with E-state index in [1.807, 2.05) is 17.5 Å². The van der Waals surface area contributed by atoms with Gasteiger partial charge in [-0.05, 0) is 17.5 Å². The van der Waals surface area contributed by atoms with E-state index in [2.05, 4.69) is 25.7 Å². The molecule has 0 fully saturated rings. The first-order valence-corrected chi connectivity index (χ1v) is 7.44. The lowest BCUT2D eigenvalue weighted by atomic mass is 10.3. The lowest BCUT2D eigenvalue weighted by molar-refractivity contribution is -0.138. The number of anilines is 1. The molecule has 0 atom stereocenters. The summed E-state index contributed by atoms with van der Waals surface area (Å²) >= 11 is 1.72. The highest BCUT2D eigenvalue weighted by Gasteiger charge is 2.35. The van der Waals surface area contributed by atoms with Gasteiger partial charge < -0.3 is 0 Å². The minimum Gasteiger partial charge on any atom is -0.295 e. The number of carbonyl (C=O) groups is 1. The van der Waals surface area contributed by atoms with Crippen molar-refractivity contribution in [2.45, 2.75) is 6.18 Å². The van der Waals surface area contributed by atoms with Crippen molar-refractivity contribution in [1.29, 1.82) is 0 Å². The molecule has 0 aliphatic rings. The molecule has 6 nitrogen and oxygen atoms in total. The molecule has 3 aromatic rings. The first-order valence-electron chi connectivity index (χ1n) is 5.75. The molecule has 0 aromatic carbocycles. The lowest BCUT2D eigenvalue weighted by Gasteiger charge is -1.98. The van der Waals surface area contributed by atoms with Crippen molar-refractivity contribution in [3.05, 3.63) is 34.3 Å². The minimum atomic E-state index is -4.58. The van der Waals surface area contributed by atoms with Gasteiger partial charge in [-0.25, -0.2) is 0 Å². The van der Waals surface area contributed by atoms with Gasteiger partial charge in [0.15, 0.2) is 5.69 Å². The van der Waals surface area contributed by atoms with Crippen molar-refractivity contribution in [3.8, 4) is 10.6 Å². The minimum absolute atomic E-state index is 0.0483. The van der Waals surface area contributed by atoms with Gasteiger partial charge in [0.05, 0.1) is 10.6 Å². The highest BCUT2D eigenvalue weighted by molar-refractivity contribution is 7.15. The number of alkyl halides is 3. The van der Waals surface area contributed by atoms with Crippen LogP contribution in [0, 0.1) is 0 Å². The number of aromatic amines is 1. The third-order valence-corrected chi connectivity index (χ3v) is 4.27. The van der Waals surface area contributed by atoms with Gasteiger partial charge in [0.1, 0.15) is 0 Å². The summed E-state index contributed by atoms with van der Waals surface area (Å²) in [6.45, 7) is 0. The fourth-order valence-corrected chi connectivity index (χ4v) is 2.84. The molecule has 0 aliphatic carbocycles. The average Bonchev–Trinajstić information content (AvgIpc) is 3.18. The smallest absolute Gasteiger partial charge is 0.295 e. The highest BCUT2D eigenvalue weighted by Crippen LogP contribution is 2.33. The number of amides is 1. The third kappa shape index (κ3) is 2.99. The van der Waals surface area contributed by atoms with Crippen LogP contribution in [0.1, 0.15) is 15.5 Å². The number of aromatic nitrogens is 4. The zero-order valence-electron chi connectivity index (χ0n) is 10.5. The highest BCUT2D eigenvalue weighted by atomic mass is 32.1. The molecular weight excluding hydrogens is 339 g/mol. The van der Waals surface area contributed by atoms with Crippen LogP contribution in [-0.2, 0) is 6.18 Å². The van der Waals surface area contributed by atoms with E-state index in [4.69, 9.17) is 0 Å². The third-order valence-electron chi connectivity index (χ3n) is 2.49. The Bertz CT molecular complexity index is 793. The SMILES string of the molecule is O=C(Nc1nnc(C(F)(F)F)s1)c1cc(-c2cccs2)[nH]n1. The van der Waals surface area contributed by atoms with Gasteiger partial charge in [-0.2, -0.15) is 18.3 Å². The van der Waals surface area contributed by atoms with E-state index >= 15 is 0 Å². The van der Waals surface area contributed by atoms with Gasteiger partial charge in [0, 0.05) is 0 Å². The largest absolute Gasteiger partial charge is 0.445 e. The van der Waals surface area contributed by atoms with Crippen LogP contribution < -0.4 is 5.32 Å². The molecule has 114 valence electrons. The molecule has 2 N–H and O–H groups in total. The summed E-state index contributed by atoms with van der Waals surface area (Å²) in [5, 5.41) is 15.5. The standard InChI is InChI=1S/C11H6F3N5OS2/c12-11(13,14)9-18-19-10(22-9)15-8(20)6-4-5(16-17-6)7-2-1-3-21-7/h1-4H,(H,16,17)(H,15,19,20). The second-order valence-electron chi connectivity index (χ2n) is 4.01. The predicted molar refractivity (Wildman–Crippen MR) is 74.8 cm³/mol. The Hall–Kier alpha value is -2.27. The number of nitrogens with one attached hydrogen (secondary N) is 2. The van der Waals surface area contributed by atoms with Crippen LogP contribution in [0.2, 0.25) is 0 Å². The molecular formula is C11H6F3N5OS2.